The molecule has 2 aromatic heterocycles. The number of carbonyl (C=O) groups is 1. The van der Waals surface area contributed by atoms with Gasteiger partial charge in [-0.05, 0) is 69.7 Å². The lowest BCUT2D eigenvalue weighted by Gasteiger charge is -2.35. The van der Waals surface area contributed by atoms with E-state index in [9.17, 15) is 14.0 Å². The van der Waals surface area contributed by atoms with E-state index >= 15 is 0 Å². The summed E-state index contributed by atoms with van der Waals surface area (Å²) >= 11 is 0. The number of imidazole rings is 1. The maximum atomic E-state index is 14.3. The first-order chi connectivity index (χ1) is 17.8. The summed E-state index contributed by atoms with van der Waals surface area (Å²) in [5.74, 6) is -0.0267. The van der Waals surface area contributed by atoms with Crippen molar-refractivity contribution in [3.05, 3.63) is 58.5 Å². The number of fused-ring (bicyclic) bond motifs is 1. The molecule has 2 fully saturated rings. The number of halogens is 1. The molecule has 0 unspecified atom stereocenters. The van der Waals surface area contributed by atoms with Crippen molar-refractivity contribution in [2.75, 3.05) is 26.7 Å². The zero-order valence-electron chi connectivity index (χ0n) is 22.2. The van der Waals surface area contributed by atoms with Crippen molar-refractivity contribution in [2.24, 2.45) is 5.92 Å². The molecule has 1 amide bonds. The van der Waals surface area contributed by atoms with Gasteiger partial charge in [-0.2, -0.15) is 0 Å². The molecule has 1 saturated heterocycles. The van der Waals surface area contributed by atoms with E-state index in [-0.39, 0.29) is 29.2 Å². The van der Waals surface area contributed by atoms with Crippen molar-refractivity contribution in [2.45, 2.75) is 70.9 Å². The second kappa shape index (κ2) is 10.8. The van der Waals surface area contributed by atoms with Gasteiger partial charge in [0, 0.05) is 45.0 Å². The molecule has 0 atom stereocenters. The topological polar surface area (TPSA) is 63.4 Å². The summed E-state index contributed by atoms with van der Waals surface area (Å²) in [4.78, 5) is 35.7. The van der Waals surface area contributed by atoms with E-state index in [0.717, 1.165) is 43.9 Å². The molecule has 1 saturated carbocycles. The number of pyridine rings is 1. The zero-order chi connectivity index (χ0) is 26.1. The van der Waals surface area contributed by atoms with Crippen LogP contribution in [0.4, 0.5) is 4.39 Å². The van der Waals surface area contributed by atoms with Crippen LogP contribution in [0.2, 0.25) is 0 Å². The predicted molar refractivity (Wildman–Crippen MR) is 144 cm³/mol. The van der Waals surface area contributed by atoms with Gasteiger partial charge in [-0.15, -0.1) is 0 Å². The quantitative estimate of drug-likeness (QED) is 0.470. The summed E-state index contributed by atoms with van der Waals surface area (Å²) < 4.78 is 17.7. The van der Waals surface area contributed by atoms with Crippen LogP contribution >= 0.6 is 0 Å². The fourth-order valence-corrected chi connectivity index (χ4v) is 6.05. The van der Waals surface area contributed by atoms with Gasteiger partial charge in [-0.3, -0.25) is 18.9 Å². The molecule has 0 radical (unpaired) electrons. The molecule has 7 nitrogen and oxygen atoms in total. The van der Waals surface area contributed by atoms with E-state index in [1.54, 1.807) is 24.3 Å². The second-order valence-corrected chi connectivity index (χ2v) is 11.1. The molecular weight excluding hydrogens is 469 g/mol. The number of piperidine rings is 1. The lowest BCUT2D eigenvalue weighted by molar-refractivity contribution is 0.0754. The third-order valence-corrected chi connectivity index (χ3v) is 8.36. The number of carbonyl (C=O) groups excluding carboxylic acids is 1. The Morgan fingerprint density at radius 2 is 1.81 bits per heavy atom. The maximum absolute atomic E-state index is 14.3. The first kappa shape index (κ1) is 25.6. The molecular formula is C29H38FN5O2. The minimum atomic E-state index is -0.510. The summed E-state index contributed by atoms with van der Waals surface area (Å²) in [6, 6.07) is 5.93. The minimum absolute atomic E-state index is 0.0675. The van der Waals surface area contributed by atoms with Crippen molar-refractivity contribution >= 4 is 16.9 Å². The van der Waals surface area contributed by atoms with Crippen LogP contribution in [0.1, 0.15) is 75.2 Å². The number of nitrogens with zero attached hydrogens (tertiary/aromatic N) is 5. The van der Waals surface area contributed by atoms with Crippen molar-refractivity contribution in [3.8, 4) is 5.69 Å². The van der Waals surface area contributed by atoms with Gasteiger partial charge in [0.05, 0.1) is 28.5 Å². The summed E-state index contributed by atoms with van der Waals surface area (Å²) in [5, 5.41) is 0. The number of hydrogen-bond donors (Lipinski definition) is 0. The Balaban J connectivity index is 1.49. The highest BCUT2D eigenvalue weighted by Crippen LogP contribution is 2.30. The molecule has 3 heterocycles. The average molecular weight is 508 g/mol. The third kappa shape index (κ3) is 5.08. The third-order valence-electron chi connectivity index (χ3n) is 8.36. The SMILES string of the molecule is CC(C)N(C)C(=O)c1cc(F)ccc1-n1c(=O)n(C2CCN(CC3CCCCC3)CC2)c2ccncc21. The van der Waals surface area contributed by atoms with Gasteiger partial charge < -0.3 is 9.80 Å². The minimum Gasteiger partial charge on any atom is -0.339 e. The lowest BCUT2D eigenvalue weighted by atomic mass is 9.88. The van der Waals surface area contributed by atoms with Gasteiger partial charge in [0.1, 0.15) is 5.82 Å². The first-order valence-corrected chi connectivity index (χ1v) is 13.7. The Kier molecular flexibility index (Phi) is 7.47. The fraction of sp³-hybridized carbons (Fsp3) is 0.552. The van der Waals surface area contributed by atoms with Gasteiger partial charge in [-0.1, -0.05) is 19.3 Å². The molecule has 0 spiro atoms. The maximum Gasteiger partial charge on any atom is 0.334 e. The molecule has 3 aromatic rings. The van der Waals surface area contributed by atoms with Gasteiger partial charge in [0.2, 0.25) is 0 Å². The van der Waals surface area contributed by atoms with E-state index in [0.29, 0.717) is 11.2 Å². The van der Waals surface area contributed by atoms with E-state index in [4.69, 9.17) is 0 Å². The number of aromatic nitrogens is 3. The molecule has 0 N–H and O–H groups in total. The van der Waals surface area contributed by atoms with Gasteiger partial charge in [0.25, 0.3) is 5.91 Å². The second-order valence-electron chi connectivity index (χ2n) is 11.1. The molecule has 37 heavy (non-hydrogen) atoms. The highest BCUT2D eigenvalue weighted by atomic mass is 19.1. The Hall–Kier alpha value is -3.00. The summed E-state index contributed by atoms with van der Waals surface area (Å²) in [7, 11) is 1.69. The molecule has 0 bridgehead atoms. The molecule has 1 aliphatic heterocycles. The molecule has 5 rings (SSSR count). The van der Waals surface area contributed by atoms with Crippen molar-refractivity contribution in [1.82, 2.24) is 23.9 Å². The first-order valence-electron chi connectivity index (χ1n) is 13.7. The molecule has 198 valence electrons. The highest BCUT2D eigenvalue weighted by molar-refractivity contribution is 5.98. The Bertz CT molecular complexity index is 1320. The van der Waals surface area contributed by atoms with E-state index < -0.39 is 5.82 Å². The van der Waals surface area contributed by atoms with Crippen LogP contribution in [0.15, 0.2) is 41.5 Å². The number of rotatable bonds is 6. The van der Waals surface area contributed by atoms with Gasteiger partial charge >= 0.3 is 5.69 Å². The van der Waals surface area contributed by atoms with Crippen LogP contribution < -0.4 is 5.69 Å². The number of likely N-dealkylation sites (tertiary alicyclic amines) is 1. The van der Waals surface area contributed by atoms with Crippen LogP contribution in [-0.4, -0.2) is 62.5 Å². The largest absolute Gasteiger partial charge is 0.339 e. The Morgan fingerprint density at radius 1 is 1.08 bits per heavy atom. The molecule has 1 aromatic carbocycles. The average Bonchev–Trinajstić information content (AvgIpc) is 3.20. The lowest BCUT2D eigenvalue weighted by Crippen LogP contribution is -2.40. The Labute approximate surface area is 217 Å². The van der Waals surface area contributed by atoms with E-state index in [2.05, 4.69) is 9.88 Å². The molecule has 1 aliphatic carbocycles. The van der Waals surface area contributed by atoms with Crippen LogP contribution in [0.5, 0.6) is 0 Å². The monoisotopic (exact) mass is 507 g/mol. The van der Waals surface area contributed by atoms with Crippen LogP contribution in [0.3, 0.4) is 0 Å². The van der Waals surface area contributed by atoms with Crippen LogP contribution in [-0.2, 0) is 0 Å². The zero-order valence-corrected chi connectivity index (χ0v) is 22.2. The molecule has 8 heteroatoms. The summed E-state index contributed by atoms with van der Waals surface area (Å²) in [5.41, 5.74) is 1.77. The smallest absolute Gasteiger partial charge is 0.334 e. The van der Waals surface area contributed by atoms with Gasteiger partial charge in [0.15, 0.2) is 0 Å². The van der Waals surface area contributed by atoms with E-state index in [1.807, 2.05) is 24.5 Å². The van der Waals surface area contributed by atoms with Crippen molar-refractivity contribution < 1.29 is 9.18 Å². The van der Waals surface area contributed by atoms with Crippen LogP contribution in [0.25, 0.3) is 16.7 Å². The fourth-order valence-electron chi connectivity index (χ4n) is 6.05. The summed E-state index contributed by atoms with van der Waals surface area (Å²) in [6.07, 6.45) is 11.9. The summed E-state index contributed by atoms with van der Waals surface area (Å²) in [6.45, 7) is 6.92. The normalized spacial score (nSPS) is 18.1. The number of benzene rings is 1. The van der Waals surface area contributed by atoms with Crippen molar-refractivity contribution in [1.29, 1.82) is 0 Å². The number of amides is 1. The Morgan fingerprint density at radius 3 is 2.51 bits per heavy atom. The van der Waals surface area contributed by atoms with Gasteiger partial charge in [-0.25, -0.2) is 9.18 Å². The predicted octanol–water partition coefficient (Wildman–Crippen LogP) is 5.02. The molecule has 2 aliphatic rings. The van der Waals surface area contributed by atoms with Crippen molar-refractivity contribution in [3.63, 3.8) is 0 Å². The highest BCUT2D eigenvalue weighted by Gasteiger charge is 2.29. The van der Waals surface area contributed by atoms with E-state index in [1.165, 1.54) is 54.9 Å². The number of hydrogen-bond acceptors (Lipinski definition) is 4. The standard InChI is InChI=1S/C29H38FN5O2/c1-20(2)32(3)28(36)24-17-22(30)9-10-25(24)35-27-18-31-14-11-26(27)34(29(35)37)23-12-15-33(16-13-23)19-21-7-5-4-6-8-21/h9-11,14,17-18,20-21,23H,4-8,12-13,15-16,19H2,1-3H3. The van der Waals surface area contributed by atoms with Crippen LogP contribution in [0, 0.1) is 11.7 Å².